The number of likely N-dealkylation sites (tertiary alicyclic amines) is 1. The highest BCUT2D eigenvalue weighted by molar-refractivity contribution is 7.18. The van der Waals surface area contributed by atoms with Crippen LogP contribution in [0.1, 0.15) is 38.1 Å². The number of aliphatic imine (C=N–C) groups is 1. The Morgan fingerprint density at radius 1 is 1.31 bits per heavy atom. The monoisotopic (exact) mass is 373 g/mol. The second kappa shape index (κ2) is 9.88. The molecule has 0 bridgehead atoms. The van der Waals surface area contributed by atoms with Crippen molar-refractivity contribution < 1.29 is 0 Å². The predicted octanol–water partition coefficient (Wildman–Crippen LogP) is 3.27. The largest absolute Gasteiger partial charge is 0.357 e. The van der Waals surface area contributed by atoms with Gasteiger partial charge in [-0.1, -0.05) is 19.1 Å². The third-order valence-electron chi connectivity index (χ3n) is 4.91. The van der Waals surface area contributed by atoms with E-state index in [1.54, 1.807) is 11.3 Å². The Morgan fingerprint density at radius 2 is 2.19 bits per heavy atom. The van der Waals surface area contributed by atoms with Gasteiger partial charge in [0.15, 0.2) is 5.96 Å². The van der Waals surface area contributed by atoms with Crippen molar-refractivity contribution >= 4 is 27.5 Å². The minimum atomic E-state index is 0.609. The molecular formula is C20H31N5S. The Balaban J connectivity index is 1.45. The number of fused-ring (bicyclic) bond motifs is 1. The van der Waals surface area contributed by atoms with Crippen LogP contribution in [0.2, 0.25) is 0 Å². The highest BCUT2D eigenvalue weighted by Gasteiger charge is 2.22. The Morgan fingerprint density at radius 3 is 3.00 bits per heavy atom. The maximum atomic E-state index is 4.81. The Labute approximate surface area is 160 Å². The van der Waals surface area contributed by atoms with E-state index in [0.29, 0.717) is 6.04 Å². The highest BCUT2D eigenvalue weighted by atomic mass is 32.1. The fourth-order valence-corrected chi connectivity index (χ4v) is 4.54. The van der Waals surface area contributed by atoms with Crippen LogP contribution in [0.3, 0.4) is 0 Å². The lowest BCUT2D eigenvalue weighted by Gasteiger charge is -2.21. The Hall–Kier alpha value is -1.66. The zero-order chi connectivity index (χ0) is 18.2. The zero-order valence-electron chi connectivity index (χ0n) is 16.0. The molecule has 0 radical (unpaired) electrons. The number of guanidine groups is 1. The number of thiazole rings is 1. The van der Waals surface area contributed by atoms with Gasteiger partial charge in [-0.05, 0) is 51.4 Å². The standard InChI is InChI=1S/C20H31N5S/c1-3-21-20(23-15-16-9-8-14-25(16)4-2)22-13-7-12-19-24-17-10-5-6-11-18(17)26-19/h5-6,10-11,16H,3-4,7-9,12-15H2,1-2H3,(H2,21,22,23). The number of hydrogen-bond donors (Lipinski definition) is 2. The number of aryl methyl sites for hydroxylation is 1. The molecule has 1 aromatic carbocycles. The number of rotatable bonds is 8. The molecule has 0 aliphatic carbocycles. The summed E-state index contributed by atoms with van der Waals surface area (Å²) < 4.78 is 1.28. The first-order valence-electron chi connectivity index (χ1n) is 9.90. The van der Waals surface area contributed by atoms with E-state index in [1.807, 2.05) is 0 Å². The third-order valence-corrected chi connectivity index (χ3v) is 6.00. The highest BCUT2D eigenvalue weighted by Crippen LogP contribution is 2.22. The van der Waals surface area contributed by atoms with Crippen molar-refractivity contribution in [3.8, 4) is 0 Å². The molecule has 1 aliphatic heterocycles. The number of hydrogen-bond acceptors (Lipinski definition) is 4. The number of nitrogens with zero attached hydrogens (tertiary/aromatic N) is 3. The van der Waals surface area contributed by atoms with Gasteiger partial charge < -0.3 is 10.6 Å². The van der Waals surface area contributed by atoms with Crippen LogP contribution in [0.15, 0.2) is 29.3 Å². The number of para-hydroxylation sites is 1. The van der Waals surface area contributed by atoms with Gasteiger partial charge in [0.1, 0.15) is 0 Å². The van der Waals surface area contributed by atoms with Gasteiger partial charge in [-0.2, -0.15) is 0 Å². The summed E-state index contributed by atoms with van der Waals surface area (Å²) in [7, 11) is 0. The van der Waals surface area contributed by atoms with E-state index in [2.05, 4.69) is 53.6 Å². The van der Waals surface area contributed by atoms with Gasteiger partial charge >= 0.3 is 0 Å². The number of benzene rings is 1. The molecule has 1 atom stereocenters. The van der Waals surface area contributed by atoms with Crippen LogP contribution in [0, 0.1) is 0 Å². The van der Waals surface area contributed by atoms with E-state index in [-0.39, 0.29) is 0 Å². The summed E-state index contributed by atoms with van der Waals surface area (Å²) in [5, 5.41) is 8.07. The van der Waals surface area contributed by atoms with E-state index in [9.17, 15) is 0 Å². The van der Waals surface area contributed by atoms with E-state index in [1.165, 1.54) is 29.1 Å². The van der Waals surface area contributed by atoms with Gasteiger partial charge in [-0.25, -0.2) is 4.98 Å². The summed E-state index contributed by atoms with van der Waals surface area (Å²) in [6, 6.07) is 8.98. The first-order valence-corrected chi connectivity index (χ1v) is 10.7. The third kappa shape index (κ3) is 5.17. The lowest BCUT2D eigenvalue weighted by Crippen LogP contribution is -2.39. The van der Waals surface area contributed by atoms with Gasteiger partial charge in [-0.3, -0.25) is 9.89 Å². The van der Waals surface area contributed by atoms with Gasteiger partial charge in [0.25, 0.3) is 0 Å². The molecule has 0 spiro atoms. The van der Waals surface area contributed by atoms with Gasteiger partial charge in [0.05, 0.1) is 21.8 Å². The molecule has 0 amide bonds. The lowest BCUT2D eigenvalue weighted by atomic mass is 10.2. The van der Waals surface area contributed by atoms with Gasteiger partial charge in [0.2, 0.25) is 0 Å². The second-order valence-corrected chi connectivity index (χ2v) is 7.87. The maximum Gasteiger partial charge on any atom is 0.191 e. The molecule has 142 valence electrons. The molecule has 0 saturated carbocycles. The number of likely N-dealkylation sites (N-methyl/N-ethyl adjacent to an activating group) is 1. The van der Waals surface area contributed by atoms with Crippen LogP contribution in [-0.2, 0) is 6.42 Å². The zero-order valence-corrected chi connectivity index (χ0v) is 16.8. The molecule has 2 heterocycles. The van der Waals surface area contributed by atoms with Crippen LogP contribution < -0.4 is 10.6 Å². The summed E-state index contributed by atoms with van der Waals surface area (Å²) in [5.74, 6) is 0.944. The summed E-state index contributed by atoms with van der Waals surface area (Å²) in [5.41, 5.74) is 1.12. The quantitative estimate of drug-likeness (QED) is 0.424. The van der Waals surface area contributed by atoms with E-state index in [0.717, 1.165) is 50.5 Å². The summed E-state index contributed by atoms with van der Waals surface area (Å²) in [6.07, 6.45) is 4.65. The molecule has 5 nitrogen and oxygen atoms in total. The fraction of sp³-hybridized carbons (Fsp3) is 0.600. The fourth-order valence-electron chi connectivity index (χ4n) is 3.53. The van der Waals surface area contributed by atoms with Crippen molar-refractivity contribution in [3.63, 3.8) is 0 Å². The SMILES string of the molecule is CCNC(=NCC1CCCN1CC)NCCCc1nc2ccccc2s1. The van der Waals surface area contributed by atoms with Crippen LogP contribution in [0.5, 0.6) is 0 Å². The molecule has 1 unspecified atom stereocenters. The average molecular weight is 374 g/mol. The lowest BCUT2D eigenvalue weighted by molar-refractivity contribution is 0.273. The summed E-state index contributed by atoms with van der Waals surface area (Å²) >= 11 is 1.81. The molecule has 1 saturated heterocycles. The Kier molecular flexibility index (Phi) is 7.26. The van der Waals surface area contributed by atoms with E-state index < -0.39 is 0 Å². The smallest absolute Gasteiger partial charge is 0.191 e. The van der Waals surface area contributed by atoms with Crippen LogP contribution in [-0.4, -0.2) is 54.6 Å². The summed E-state index contributed by atoms with van der Waals surface area (Å²) in [4.78, 5) is 12.1. The minimum Gasteiger partial charge on any atom is -0.357 e. The molecule has 1 aromatic heterocycles. The normalized spacial score (nSPS) is 18.5. The molecule has 3 rings (SSSR count). The van der Waals surface area contributed by atoms with Crippen molar-refractivity contribution in [1.82, 2.24) is 20.5 Å². The number of nitrogens with one attached hydrogen (secondary N) is 2. The molecule has 1 fully saturated rings. The van der Waals surface area contributed by atoms with Crippen molar-refractivity contribution in [2.45, 2.75) is 45.6 Å². The van der Waals surface area contributed by atoms with E-state index in [4.69, 9.17) is 9.98 Å². The first-order chi connectivity index (χ1) is 12.8. The van der Waals surface area contributed by atoms with Crippen molar-refractivity contribution in [3.05, 3.63) is 29.3 Å². The molecular weight excluding hydrogens is 342 g/mol. The van der Waals surface area contributed by atoms with Crippen LogP contribution >= 0.6 is 11.3 Å². The summed E-state index contributed by atoms with van der Waals surface area (Å²) in [6.45, 7) is 9.42. The molecule has 2 aromatic rings. The average Bonchev–Trinajstić information content (AvgIpc) is 3.28. The molecule has 2 N–H and O–H groups in total. The van der Waals surface area contributed by atoms with E-state index >= 15 is 0 Å². The van der Waals surface area contributed by atoms with Gasteiger partial charge in [0, 0.05) is 25.6 Å². The maximum absolute atomic E-state index is 4.81. The molecule has 26 heavy (non-hydrogen) atoms. The predicted molar refractivity (Wildman–Crippen MR) is 112 cm³/mol. The van der Waals surface area contributed by atoms with Gasteiger partial charge in [-0.15, -0.1) is 11.3 Å². The van der Waals surface area contributed by atoms with Crippen LogP contribution in [0.4, 0.5) is 0 Å². The minimum absolute atomic E-state index is 0.609. The molecule has 6 heteroatoms. The van der Waals surface area contributed by atoms with Crippen molar-refractivity contribution in [1.29, 1.82) is 0 Å². The van der Waals surface area contributed by atoms with Crippen LogP contribution in [0.25, 0.3) is 10.2 Å². The first kappa shape index (κ1) is 19.1. The van der Waals surface area contributed by atoms with Crippen molar-refractivity contribution in [2.24, 2.45) is 4.99 Å². The van der Waals surface area contributed by atoms with Crippen molar-refractivity contribution in [2.75, 3.05) is 32.7 Å². The Bertz CT molecular complexity index is 678. The second-order valence-electron chi connectivity index (χ2n) is 6.75. The number of aromatic nitrogens is 1. The molecule has 1 aliphatic rings. The topological polar surface area (TPSA) is 52.6 Å².